The highest BCUT2D eigenvalue weighted by Gasteiger charge is 2.35. The van der Waals surface area contributed by atoms with Gasteiger partial charge in [-0.25, -0.2) is 0 Å². The second-order valence-electron chi connectivity index (χ2n) is 7.24. The van der Waals surface area contributed by atoms with Crippen LogP contribution in [0.3, 0.4) is 0 Å². The van der Waals surface area contributed by atoms with E-state index in [4.69, 9.17) is 9.05 Å². The quantitative estimate of drug-likeness (QED) is 0.503. The predicted molar refractivity (Wildman–Crippen MR) is 92.6 cm³/mol. The molecule has 4 nitrogen and oxygen atoms in total. The third kappa shape index (κ3) is 6.32. The van der Waals surface area contributed by atoms with Gasteiger partial charge in [-0.3, -0.25) is 9.36 Å². The van der Waals surface area contributed by atoms with E-state index in [0.29, 0.717) is 31.5 Å². The van der Waals surface area contributed by atoms with Crippen LogP contribution in [0.1, 0.15) is 84.0 Å². The fraction of sp³-hybridized carbons (Fsp3) is 0.944. The first-order valence-corrected chi connectivity index (χ1v) is 11.1. The maximum absolute atomic E-state index is 13.0. The summed E-state index contributed by atoms with van der Waals surface area (Å²) >= 11 is 0. The molecule has 2 rings (SSSR count). The molecule has 0 bridgehead atoms. The minimum Gasteiger partial charge on any atom is -0.303 e. The van der Waals surface area contributed by atoms with Crippen LogP contribution in [0.5, 0.6) is 0 Å². The summed E-state index contributed by atoms with van der Waals surface area (Å²) in [4.78, 5) is 12.3. The largest absolute Gasteiger partial charge is 0.396 e. The molecule has 0 radical (unpaired) electrons. The summed E-state index contributed by atoms with van der Waals surface area (Å²) < 4.78 is 24.3. The summed E-state index contributed by atoms with van der Waals surface area (Å²) in [7, 11) is -3.60. The van der Waals surface area contributed by atoms with E-state index in [2.05, 4.69) is 0 Å². The molecule has 0 atom stereocenters. The van der Waals surface area contributed by atoms with E-state index in [-0.39, 0.29) is 11.9 Å². The van der Waals surface area contributed by atoms with Crippen molar-refractivity contribution >= 4 is 13.1 Å². The smallest absolute Gasteiger partial charge is 0.303 e. The zero-order valence-corrected chi connectivity index (χ0v) is 15.5. The first-order chi connectivity index (χ1) is 11.1. The molecule has 2 aliphatic carbocycles. The van der Waals surface area contributed by atoms with Crippen LogP contribution in [0, 0.1) is 11.8 Å². The maximum atomic E-state index is 13.0. The molecule has 0 unspecified atom stereocenters. The highest BCUT2D eigenvalue weighted by atomic mass is 31.2. The lowest BCUT2D eigenvalue weighted by Crippen LogP contribution is -2.18. The molecule has 2 fully saturated rings. The van der Waals surface area contributed by atoms with Gasteiger partial charge in [-0.2, -0.15) is 0 Å². The van der Waals surface area contributed by atoms with Crippen LogP contribution in [-0.2, 0) is 18.4 Å². The minimum absolute atomic E-state index is 0.284. The third-order valence-corrected chi connectivity index (χ3v) is 6.99. The molecule has 0 saturated heterocycles. The van der Waals surface area contributed by atoms with Gasteiger partial charge in [0.1, 0.15) is 0 Å². The normalized spacial score (nSPS) is 21.4. The van der Waals surface area contributed by atoms with Gasteiger partial charge < -0.3 is 9.05 Å². The van der Waals surface area contributed by atoms with Gasteiger partial charge in [-0.15, -0.1) is 0 Å². The molecule has 23 heavy (non-hydrogen) atoms. The van der Waals surface area contributed by atoms with Crippen LogP contribution < -0.4 is 0 Å². The Morgan fingerprint density at radius 3 is 1.70 bits per heavy atom. The molecule has 5 heteroatoms. The van der Waals surface area contributed by atoms with Gasteiger partial charge in [-0.05, 0) is 43.9 Å². The summed E-state index contributed by atoms with van der Waals surface area (Å²) in [5.74, 6) is 0.870. The number of carbonyl (C=O) groups excluding carboxylic acids is 1. The van der Waals surface area contributed by atoms with Crippen molar-refractivity contribution in [3.63, 3.8) is 0 Å². The summed E-state index contributed by atoms with van der Waals surface area (Å²) in [6, 6.07) is 0. The van der Waals surface area contributed by atoms with Gasteiger partial charge in [0.2, 0.25) is 5.52 Å². The second kappa shape index (κ2) is 9.96. The number of carbonyl (C=O) groups is 1. The number of rotatable bonds is 9. The lowest BCUT2D eigenvalue weighted by molar-refractivity contribution is -0.114. The van der Waals surface area contributed by atoms with Crippen LogP contribution in [-0.4, -0.2) is 18.7 Å². The van der Waals surface area contributed by atoms with Crippen molar-refractivity contribution in [3.8, 4) is 0 Å². The van der Waals surface area contributed by atoms with Crippen molar-refractivity contribution in [2.45, 2.75) is 84.0 Å². The Balaban J connectivity index is 1.87. The Morgan fingerprint density at radius 1 is 0.870 bits per heavy atom. The lowest BCUT2D eigenvalue weighted by atomic mass is 9.90. The van der Waals surface area contributed by atoms with Crippen LogP contribution in [0.4, 0.5) is 0 Å². The van der Waals surface area contributed by atoms with E-state index in [1.165, 1.54) is 38.5 Å². The van der Waals surface area contributed by atoms with Gasteiger partial charge >= 0.3 is 7.60 Å². The molecule has 134 valence electrons. The first kappa shape index (κ1) is 19.1. The average Bonchev–Trinajstić information content (AvgIpc) is 2.60. The molecular weight excluding hydrogens is 311 g/mol. The number of hydrogen-bond donors (Lipinski definition) is 0. The summed E-state index contributed by atoms with van der Waals surface area (Å²) in [6.07, 6.45) is 12.8. The lowest BCUT2D eigenvalue weighted by Gasteiger charge is -2.26. The zero-order valence-electron chi connectivity index (χ0n) is 14.6. The second-order valence-corrected chi connectivity index (χ2v) is 9.25. The average molecular weight is 344 g/mol. The molecule has 0 N–H and O–H groups in total. The Bertz CT molecular complexity index is 372. The van der Waals surface area contributed by atoms with Gasteiger partial charge in [0.25, 0.3) is 0 Å². The van der Waals surface area contributed by atoms with E-state index in [9.17, 15) is 9.36 Å². The summed E-state index contributed by atoms with van der Waals surface area (Å²) in [5, 5.41) is 0. The van der Waals surface area contributed by atoms with Crippen LogP contribution in [0.25, 0.3) is 0 Å². The highest BCUT2D eigenvalue weighted by molar-refractivity contribution is 7.71. The maximum Gasteiger partial charge on any atom is 0.396 e. The van der Waals surface area contributed by atoms with E-state index in [0.717, 1.165) is 25.7 Å². The minimum atomic E-state index is -3.60. The van der Waals surface area contributed by atoms with Crippen molar-refractivity contribution in [1.29, 1.82) is 0 Å². The van der Waals surface area contributed by atoms with E-state index in [1.54, 1.807) is 0 Å². The Kier molecular flexibility index (Phi) is 8.29. The fourth-order valence-corrected chi connectivity index (χ4v) is 5.32. The van der Waals surface area contributed by atoms with Crippen molar-refractivity contribution in [2.75, 3.05) is 13.2 Å². The Morgan fingerprint density at radius 2 is 1.30 bits per heavy atom. The molecule has 0 aliphatic heterocycles. The highest BCUT2D eigenvalue weighted by Crippen LogP contribution is 2.52. The summed E-state index contributed by atoms with van der Waals surface area (Å²) in [6.45, 7) is 2.75. The molecule has 0 amide bonds. The summed E-state index contributed by atoms with van der Waals surface area (Å²) in [5.41, 5.74) is -0.327. The molecule has 0 aromatic rings. The number of hydrogen-bond acceptors (Lipinski definition) is 4. The van der Waals surface area contributed by atoms with Gasteiger partial charge in [0.15, 0.2) is 0 Å². The molecular formula is C18H33O4P. The molecule has 2 saturated carbocycles. The molecule has 0 heterocycles. The first-order valence-electron chi connectivity index (χ1n) is 9.56. The van der Waals surface area contributed by atoms with Crippen molar-refractivity contribution in [1.82, 2.24) is 0 Å². The van der Waals surface area contributed by atoms with Gasteiger partial charge in [0, 0.05) is 6.42 Å². The monoisotopic (exact) mass is 344 g/mol. The Hall–Kier alpha value is -0.180. The van der Waals surface area contributed by atoms with Crippen LogP contribution in [0.2, 0.25) is 0 Å². The van der Waals surface area contributed by atoms with Crippen molar-refractivity contribution < 1.29 is 18.4 Å². The van der Waals surface area contributed by atoms with E-state index < -0.39 is 7.60 Å². The van der Waals surface area contributed by atoms with Gasteiger partial charge in [-0.1, -0.05) is 45.4 Å². The third-order valence-electron chi connectivity index (χ3n) is 5.18. The van der Waals surface area contributed by atoms with Crippen LogP contribution >= 0.6 is 7.60 Å². The van der Waals surface area contributed by atoms with Crippen molar-refractivity contribution in [2.24, 2.45) is 11.8 Å². The molecule has 0 aromatic heterocycles. The molecule has 0 aromatic carbocycles. The SMILES string of the molecule is CCCC(=O)P(=O)(OCC1CCCCC1)OCC1CCCCC1. The standard InChI is InChI=1S/C18H33O4P/c1-2-9-18(19)23(20,21-14-16-10-5-3-6-11-16)22-15-17-12-7-4-8-13-17/h16-17H,2-15H2,1H3. The predicted octanol–water partition coefficient (Wildman–Crippen LogP) is 5.70. The van der Waals surface area contributed by atoms with Crippen LogP contribution in [0.15, 0.2) is 0 Å². The Labute approximate surface area is 141 Å². The van der Waals surface area contributed by atoms with E-state index in [1.807, 2.05) is 6.92 Å². The van der Waals surface area contributed by atoms with E-state index >= 15 is 0 Å². The zero-order chi connectivity index (χ0) is 16.5. The molecule has 2 aliphatic rings. The van der Waals surface area contributed by atoms with Gasteiger partial charge in [0.05, 0.1) is 13.2 Å². The topological polar surface area (TPSA) is 52.6 Å². The van der Waals surface area contributed by atoms with Crippen molar-refractivity contribution in [3.05, 3.63) is 0 Å². The fourth-order valence-electron chi connectivity index (χ4n) is 3.65. The molecule has 0 spiro atoms.